The lowest BCUT2D eigenvalue weighted by Crippen LogP contribution is -2.47. The molecular formula is C27H32F3N5O4. The third kappa shape index (κ3) is 6.55. The molecule has 5 rings (SSSR count). The van der Waals surface area contributed by atoms with Crippen molar-refractivity contribution in [1.82, 2.24) is 24.7 Å². The second-order valence-electron chi connectivity index (χ2n) is 10.3. The van der Waals surface area contributed by atoms with E-state index in [4.69, 9.17) is 9.90 Å². The lowest BCUT2D eigenvalue weighted by atomic mass is 9.73. The van der Waals surface area contributed by atoms with Crippen LogP contribution in [-0.2, 0) is 15.0 Å². The molecular weight excluding hydrogens is 515 g/mol. The molecule has 12 heteroatoms. The molecule has 2 saturated heterocycles. The van der Waals surface area contributed by atoms with E-state index in [1.54, 1.807) is 12.4 Å². The SMILES string of the molecule is CN1CCN(C(=O)CC2CC3(CCN(C(=O)c4cnccn4)CC3)c3ccccc32)CC1.O=C(O)C(F)(F)F. The van der Waals surface area contributed by atoms with Crippen molar-refractivity contribution in [2.75, 3.05) is 46.3 Å². The Hall–Kier alpha value is -3.54. The number of halogens is 3. The van der Waals surface area contributed by atoms with Gasteiger partial charge in [0.1, 0.15) is 5.69 Å². The van der Waals surface area contributed by atoms with Gasteiger partial charge in [0.2, 0.25) is 5.91 Å². The summed E-state index contributed by atoms with van der Waals surface area (Å²) in [6.45, 7) is 4.98. The highest BCUT2D eigenvalue weighted by Gasteiger charge is 2.46. The van der Waals surface area contributed by atoms with Gasteiger partial charge in [-0.2, -0.15) is 13.2 Å². The first-order chi connectivity index (χ1) is 18.5. The molecule has 0 bridgehead atoms. The van der Waals surface area contributed by atoms with E-state index in [-0.39, 0.29) is 23.1 Å². The molecule has 210 valence electrons. The zero-order valence-corrected chi connectivity index (χ0v) is 21.7. The highest BCUT2D eigenvalue weighted by molar-refractivity contribution is 5.92. The molecule has 1 N–H and O–H groups in total. The number of carboxylic acid groups (broad SMARTS) is 1. The Morgan fingerprint density at radius 3 is 2.23 bits per heavy atom. The van der Waals surface area contributed by atoms with Gasteiger partial charge in [0.25, 0.3) is 5.91 Å². The highest BCUT2D eigenvalue weighted by Crippen LogP contribution is 2.52. The summed E-state index contributed by atoms with van der Waals surface area (Å²) in [5.41, 5.74) is 3.19. The van der Waals surface area contributed by atoms with E-state index in [0.29, 0.717) is 25.2 Å². The van der Waals surface area contributed by atoms with Gasteiger partial charge in [-0.25, -0.2) is 9.78 Å². The molecule has 3 aliphatic rings. The van der Waals surface area contributed by atoms with Crippen molar-refractivity contribution in [3.05, 3.63) is 59.7 Å². The summed E-state index contributed by atoms with van der Waals surface area (Å²) in [5.74, 6) is -2.25. The van der Waals surface area contributed by atoms with Crippen LogP contribution < -0.4 is 0 Å². The topological polar surface area (TPSA) is 107 Å². The van der Waals surface area contributed by atoms with Crippen LogP contribution >= 0.6 is 0 Å². The van der Waals surface area contributed by atoms with Gasteiger partial charge >= 0.3 is 12.1 Å². The molecule has 2 fully saturated rings. The predicted molar refractivity (Wildman–Crippen MR) is 135 cm³/mol. The number of fused-ring (bicyclic) bond motifs is 2. The molecule has 1 aliphatic carbocycles. The molecule has 1 spiro atoms. The van der Waals surface area contributed by atoms with Gasteiger partial charge in [-0.1, -0.05) is 24.3 Å². The van der Waals surface area contributed by atoms with Gasteiger partial charge < -0.3 is 19.8 Å². The van der Waals surface area contributed by atoms with E-state index in [2.05, 4.69) is 46.2 Å². The molecule has 39 heavy (non-hydrogen) atoms. The summed E-state index contributed by atoms with van der Waals surface area (Å²) >= 11 is 0. The number of piperazine rings is 1. The quantitative estimate of drug-likeness (QED) is 0.630. The molecule has 1 aromatic heterocycles. The molecule has 1 unspecified atom stereocenters. The molecule has 1 aromatic carbocycles. The summed E-state index contributed by atoms with van der Waals surface area (Å²) in [5, 5.41) is 7.12. The van der Waals surface area contributed by atoms with Crippen molar-refractivity contribution in [3.8, 4) is 0 Å². The second kappa shape index (κ2) is 11.7. The molecule has 1 atom stereocenters. The summed E-state index contributed by atoms with van der Waals surface area (Å²) in [4.78, 5) is 49.2. The van der Waals surface area contributed by atoms with Gasteiger partial charge in [-0.05, 0) is 48.8 Å². The van der Waals surface area contributed by atoms with Crippen molar-refractivity contribution in [1.29, 1.82) is 0 Å². The van der Waals surface area contributed by atoms with Crippen molar-refractivity contribution in [2.45, 2.75) is 43.2 Å². The van der Waals surface area contributed by atoms with Crippen molar-refractivity contribution < 1.29 is 32.7 Å². The van der Waals surface area contributed by atoms with Gasteiger partial charge in [-0.15, -0.1) is 0 Å². The number of aliphatic carboxylic acids is 1. The number of carboxylic acids is 1. The number of hydrogen-bond acceptors (Lipinski definition) is 6. The molecule has 9 nitrogen and oxygen atoms in total. The normalized spacial score (nSPS) is 20.7. The molecule has 0 radical (unpaired) electrons. The first-order valence-corrected chi connectivity index (χ1v) is 12.9. The standard InChI is InChI=1S/C25H31N5O2.C2HF3O2/c1-28-12-14-29(15-13-28)23(31)16-19-17-25(21-5-3-2-4-20(19)21)6-10-30(11-7-25)24(32)22-18-26-8-9-27-22;3-2(4,5)1(6)7/h2-5,8-9,18-19H,6-7,10-17H2,1H3;(H,6,7). The number of alkyl halides is 3. The number of piperidine rings is 1. The first kappa shape index (κ1) is 28.5. The fourth-order valence-corrected chi connectivity index (χ4v) is 5.79. The Morgan fingerprint density at radius 2 is 1.64 bits per heavy atom. The van der Waals surface area contributed by atoms with Crippen molar-refractivity contribution in [3.63, 3.8) is 0 Å². The predicted octanol–water partition coefficient (Wildman–Crippen LogP) is 2.94. The number of benzene rings is 1. The van der Waals surface area contributed by atoms with E-state index in [0.717, 1.165) is 45.4 Å². The van der Waals surface area contributed by atoms with Crippen LogP contribution in [0.25, 0.3) is 0 Å². The fraction of sp³-hybridized carbons (Fsp3) is 0.519. The Morgan fingerprint density at radius 1 is 1.00 bits per heavy atom. The summed E-state index contributed by atoms with van der Waals surface area (Å²) in [6.07, 6.45) is 3.04. The van der Waals surface area contributed by atoms with Gasteiger partial charge in [-0.3, -0.25) is 14.6 Å². The third-order valence-corrected chi connectivity index (χ3v) is 7.92. The molecule has 2 aliphatic heterocycles. The largest absolute Gasteiger partial charge is 0.490 e. The van der Waals surface area contributed by atoms with Gasteiger partial charge in [0.05, 0.1) is 6.20 Å². The molecule has 2 aromatic rings. The fourth-order valence-electron chi connectivity index (χ4n) is 5.79. The number of likely N-dealkylation sites (N-methyl/N-ethyl adjacent to an activating group) is 1. The number of hydrogen-bond donors (Lipinski definition) is 1. The number of rotatable bonds is 3. The maximum Gasteiger partial charge on any atom is 0.490 e. The summed E-state index contributed by atoms with van der Waals surface area (Å²) < 4.78 is 31.7. The number of likely N-dealkylation sites (tertiary alicyclic amines) is 1. The van der Waals surface area contributed by atoms with Crippen LogP contribution in [0, 0.1) is 0 Å². The number of carbonyl (C=O) groups excluding carboxylic acids is 2. The smallest absolute Gasteiger partial charge is 0.475 e. The number of nitrogens with zero attached hydrogens (tertiary/aromatic N) is 5. The van der Waals surface area contributed by atoms with Crippen LogP contribution in [0.2, 0.25) is 0 Å². The maximum atomic E-state index is 13.1. The van der Waals surface area contributed by atoms with Crippen LogP contribution in [0.1, 0.15) is 53.2 Å². The molecule has 2 amide bonds. The second-order valence-corrected chi connectivity index (χ2v) is 10.3. The zero-order chi connectivity index (χ0) is 28.2. The van der Waals surface area contributed by atoms with E-state index in [1.807, 2.05) is 9.80 Å². The van der Waals surface area contributed by atoms with Crippen LogP contribution in [0.4, 0.5) is 13.2 Å². The Bertz CT molecular complexity index is 1180. The Kier molecular flexibility index (Phi) is 8.53. The zero-order valence-electron chi connectivity index (χ0n) is 21.7. The third-order valence-electron chi connectivity index (χ3n) is 7.92. The molecule has 0 saturated carbocycles. The average Bonchev–Trinajstić information content (AvgIpc) is 3.22. The minimum atomic E-state index is -5.08. The monoisotopic (exact) mass is 547 g/mol. The maximum absolute atomic E-state index is 13.1. The molecule has 3 heterocycles. The summed E-state index contributed by atoms with van der Waals surface area (Å²) in [6, 6.07) is 8.67. The van der Waals surface area contributed by atoms with E-state index in [9.17, 15) is 22.8 Å². The van der Waals surface area contributed by atoms with Crippen molar-refractivity contribution >= 4 is 17.8 Å². The highest BCUT2D eigenvalue weighted by atomic mass is 19.4. The Balaban J connectivity index is 0.000000448. The summed E-state index contributed by atoms with van der Waals surface area (Å²) in [7, 11) is 2.11. The Labute approximate surface area is 224 Å². The van der Waals surface area contributed by atoms with Crippen molar-refractivity contribution in [2.24, 2.45) is 0 Å². The first-order valence-electron chi connectivity index (χ1n) is 12.9. The van der Waals surface area contributed by atoms with Gasteiger partial charge in [0.15, 0.2) is 0 Å². The van der Waals surface area contributed by atoms with E-state index >= 15 is 0 Å². The number of aromatic nitrogens is 2. The number of carbonyl (C=O) groups is 3. The van der Waals surface area contributed by atoms with Crippen LogP contribution in [-0.4, -0.2) is 100 Å². The van der Waals surface area contributed by atoms with Crippen LogP contribution in [0.5, 0.6) is 0 Å². The van der Waals surface area contributed by atoms with Crippen LogP contribution in [0.15, 0.2) is 42.9 Å². The lowest BCUT2D eigenvalue weighted by molar-refractivity contribution is -0.192. The average molecular weight is 548 g/mol. The van der Waals surface area contributed by atoms with Gasteiger partial charge in [0, 0.05) is 58.1 Å². The minimum absolute atomic E-state index is 0.0407. The number of amides is 2. The lowest BCUT2D eigenvalue weighted by Gasteiger charge is -2.40. The van der Waals surface area contributed by atoms with Crippen LogP contribution in [0.3, 0.4) is 0 Å². The van der Waals surface area contributed by atoms with E-state index in [1.165, 1.54) is 17.3 Å². The van der Waals surface area contributed by atoms with E-state index < -0.39 is 12.1 Å². The minimum Gasteiger partial charge on any atom is -0.475 e.